The molecule has 0 atom stereocenters. The highest BCUT2D eigenvalue weighted by atomic mass is 16.6. The summed E-state index contributed by atoms with van der Waals surface area (Å²) in [5, 5.41) is 0.844. The molecule has 0 unspecified atom stereocenters. The summed E-state index contributed by atoms with van der Waals surface area (Å²) in [5.74, 6) is 0. The van der Waals surface area contributed by atoms with E-state index in [-0.39, 0.29) is 5.56 Å². The summed E-state index contributed by atoms with van der Waals surface area (Å²) in [5.41, 5.74) is 0.498. The highest BCUT2D eigenvalue weighted by molar-refractivity contribution is 5.96. The normalized spacial score (nSPS) is 11.6. The van der Waals surface area contributed by atoms with Gasteiger partial charge in [0.1, 0.15) is 5.60 Å². The molecular weight excluding hydrogens is 294 g/mol. The summed E-state index contributed by atoms with van der Waals surface area (Å²) < 4.78 is 6.89. The van der Waals surface area contributed by atoms with Crippen LogP contribution in [0.2, 0.25) is 0 Å². The first-order valence-corrected chi connectivity index (χ1v) is 7.24. The van der Waals surface area contributed by atoms with Gasteiger partial charge in [-0.3, -0.25) is 4.79 Å². The summed E-state index contributed by atoms with van der Waals surface area (Å²) in [6.07, 6.45) is 2.22. The maximum atomic E-state index is 12.6. The number of ether oxygens (including phenoxy) is 1. The molecule has 0 saturated heterocycles. The van der Waals surface area contributed by atoms with Crippen LogP contribution in [0.5, 0.6) is 0 Å². The monoisotopic (exact) mass is 311 g/mol. The number of hydrogen-bond donors (Lipinski definition) is 1. The van der Waals surface area contributed by atoms with E-state index in [1.165, 1.54) is 17.1 Å². The van der Waals surface area contributed by atoms with E-state index >= 15 is 0 Å². The number of carbonyl (C=O) groups is 1. The molecule has 0 fully saturated rings. The Balaban J connectivity index is 2.26. The standard InChI is InChI=1S/C17H17N3O3/c1-17(2,3)23-16(22)20-13-7-5-4-6-11(13)8-14(20)12-9-18-10-19-15(12)21/h4-10H,1-3H3,(H,18,19,21). The lowest BCUT2D eigenvalue weighted by molar-refractivity contribution is 0.0547. The van der Waals surface area contributed by atoms with Crippen molar-refractivity contribution in [1.29, 1.82) is 0 Å². The summed E-state index contributed by atoms with van der Waals surface area (Å²) in [7, 11) is 0. The lowest BCUT2D eigenvalue weighted by atomic mass is 10.2. The van der Waals surface area contributed by atoms with Crippen molar-refractivity contribution in [3.05, 3.63) is 53.2 Å². The zero-order chi connectivity index (χ0) is 16.6. The molecule has 0 bridgehead atoms. The number of carbonyl (C=O) groups excluding carboxylic acids is 1. The molecule has 0 amide bonds. The lowest BCUT2D eigenvalue weighted by Gasteiger charge is -2.20. The van der Waals surface area contributed by atoms with Crippen molar-refractivity contribution in [2.75, 3.05) is 0 Å². The molecule has 1 N–H and O–H groups in total. The van der Waals surface area contributed by atoms with Gasteiger partial charge in [0.2, 0.25) is 0 Å². The molecule has 0 spiro atoms. The third kappa shape index (κ3) is 2.88. The van der Waals surface area contributed by atoms with Crippen LogP contribution in [0.1, 0.15) is 20.8 Å². The van der Waals surface area contributed by atoms with E-state index in [1.807, 2.05) is 24.3 Å². The van der Waals surface area contributed by atoms with Gasteiger partial charge in [-0.05, 0) is 32.9 Å². The molecule has 3 rings (SSSR count). The Kier molecular flexibility index (Phi) is 3.52. The summed E-state index contributed by atoms with van der Waals surface area (Å²) in [6.45, 7) is 5.40. The van der Waals surface area contributed by atoms with Gasteiger partial charge in [0.25, 0.3) is 5.56 Å². The van der Waals surface area contributed by atoms with Gasteiger partial charge in [0.15, 0.2) is 0 Å². The average molecular weight is 311 g/mol. The van der Waals surface area contributed by atoms with Crippen LogP contribution in [-0.2, 0) is 4.74 Å². The van der Waals surface area contributed by atoms with Crippen LogP contribution in [0, 0.1) is 0 Å². The minimum Gasteiger partial charge on any atom is -0.443 e. The minimum absolute atomic E-state index is 0.312. The maximum absolute atomic E-state index is 12.6. The Morgan fingerprint density at radius 2 is 2.00 bits per heavy atom. The van der Waals surface area contributed by atoms with Crippen LogP contribution in [0.3, 0.4) is 0 Å². The zero-order valence-electron chi connectivity index (χ0n) is 13.2. The van der Waals surface area contributed by atoms with Crippen molar-refractivity contribution >= 4 is 17.0 Å². The molecule has 3 aromatic rings. The van der Waals surface area contributed by atoms with Crippen molar-refractivity contribution in [3.8, 4) is 11.3 Å². The van der Waals surface area contributed by atoms with E-state index in [4.69, 9.17) is 4.74 Å². The SMILES string of the molecule is CC(C)(C)OC(=O)n1c(-c2cnc[nH]c2=O)cc2ccccc21. The van der Waals surface area contributed by atoms with E-state index < -0.39 is 11.7 Å². The lowest BCUT2D eigenvalue weighted by Crippen LogP contribution is -2.28. The maximum Gasteiger partial charge on any atom is 0.419 e. The van der Waals surface area contributed by atoms with Crippen LogP contribution in [0.15, 0.2) is 47.7 Å². The first-order chi connectivity index (χ1) is 10.9. The second-order valence-electron chi connectivity index (χ2n) is 6.20. The number of nitrogens with one attached hydrogen (secondary N) is 1. The molecule has 0 aliphatic heterocycles. The molecule has 0 radical (unpaired) electrons. The number of H-pyrrole nitrogens is 1. The number of aromatic amines is 1. The summed E-state index contributed by atoms with van der Waals surface area (Å²) in [4.78, 5) is 31.2. The molecule has 1 aromatic carbocycles. The number of hydrogen-bond acceptors (Lipinski definition) is 4. The highest BCUT2D eigenvalue weighted by Crippen LogP contribution is 2.27. The Morgan fingerprint density at radius 1 is 1.26 bits per heavy atom. The van der Waals surface area contributed by atoms with Gasteiger partial charge in [-0.15, -0.1) is 0 Å². The quantitative estimate of drug-likeness (QED) is 0.749. The Labute approximate surface area is 132 Å². The average Bonchev–Trinajstić information content (AvgIpc) is 2.85. The van der Waals surface area contributed by atoms with Crippen molar-refractivity contribution in [3.63, 3.8) is 0 Å². The van der Waals surface area contributed by atoms with E-state index in [1.54, 1.807) is 26.8 Å². The van der Waals surface area contributed by atoms with E-state index in [0.29, 0.717) is 16.8 Å². The smallest absolute Gasteiger partial charge is 0.419 e. The Bertz CT molecular complexity index is 932. The Hall–Kier alpha value is -2.89. The largest absolute Gasteiger partial charge is 0.443 e. The third-order valence-electron chi connectivity index (χ3n) is 3.28. The first-order valence-electron chi connectivity index (χ1n) is 7.24. The molecule has 0 saturated carbocycles. The predicted octanol–water partition coefficient (Wildman–Crippen LogP) is 3.17. The molecule has 23 heavy (non-hydrogen) atoms. The number of benzene rings is 1. The molecule has 6 nitrogen and oxygen atoms in total. The van der Waals surface area contributed by atoms with Crippen molar-refractivity contribution in [2.45, 2.75) is 26.4 Å². The fourth-order valence-corrected chi connectivity index (χ4v) is 2.38. The van der Waals surface area contributed by atoms with Gasteiger partial charge in [0.05, 0.1) is 23.1 Å². The fraction of sp³-hybridized carbons (Fsp3) is 0.235. The first kappa shape index (κ1) is 15.0. The minimum atomic E-state index is -0.638. The van der Waals surface area contributed by atoms with Gasteiger partial charge in [-0.25, -0.2) is 14.3 Å². The highest BCUT2D eigenvalue weighted by Gasteiger charge is 2.23. The molecule has 0 aliphatic rings. The molecule has 6 heteroatoms. The number of aromatic nitrogens is 3. The summed E-state index contributed by atoms with van der Waals surface area (Å²) in [6, 6.07) is 9.18. The third-order valence-corrected chi connectivity index (χ3v) is 3.28. The topological polar surface area (TPSA) is 77.0 Å². The van der Waals surface area contributed by atoms with E-state index in [9.17, 15) is 9.59 Å². The van der Waals surface area contributed by atoms with Gasteiger partial charge >= 0.3 is 6.09 Å². The van der Waals surface area contributed by atoms with Gasteiger partial charge < -0.3 is 9.72 Å². The van der Waals surface area contributed by atoms with Crippen LogP contribution < -0.4 is 5.56 Å². The van der Waals surface area contributed by atoms with E-state index in [0.717, 1.165) is 5.39 Å². The molecule has 2 heterocycles. The molecule has 118 valence electrons. The van der Waals surface area contributed by atoms with Gasteiger partial charge in [-0.1, -0.05) is 18.2 Å². The van der Waals surface area contributed by atoms with Crippen LogP contribution >= 0.6 is 0 Å². The van der Waals surface area contributed by atoms with Crippen LogP contribution in [-0.4, -0.2) is 26.2 Å². The van der Waals surface area contributed by atoms with Crippen LogP contribution in [0.4, 0.5) is 4.79 Å². The number of nitrogens with zero attached hydrogens (tertiary/aromatic N) is 2. The van der Waals surface area contributed by atoms with Crippen molar-refractivity contribution in [2.24, 2.45) is 0 Å². The van der Waals surface area contributed by atoms with Gasteiger partial charge in [0, 0.05) is 11.6 Å². The van der Waals surface area contributed by atoms with Crippen LogP contribution in [0.25, 0.3) is 22.2 Å². The van der Waals surface area contributed by atoms with Crippen molar-refractivity contribution < 1.29 is 9.53 Å². The Morgan fingerprint density at radius 3 is 2.70 bits per heavy atom. The van der Waals surface area contributed by atoms with Crippen molar-refractivity contribution in [1.82, 2.24) is 14.5 Å². The number of fused-ring (bicyclic) bond motifs is 1. The second kappa shape index (κ2) is 5.39. The zero-order valence-corrected chi connectivity index (χ0v) is 13.2. The fourth-order valence-electron chi connectivity index (χ4n) is 2.38. The van der Waals surface area contributed by atoms with E-state index in [2.05, 4.69) is 9.97 Å². The summed E-state index contributed by atoms with van der Waals surface area (Å²) >= 11 is 0. The number of para-hydroxylation sites is 1. The van der Waals surface area contributed by atoms with Gasteiger partial charge in [-0.2, -0.15) is 0 Å². The number of rotatable bonds is 1. The predicted molar refractivity (Wildman–Crippen MR) is 87.4 cm³/mol. The second-order valence-corrected chi connectivity index (χ2v) is 6.20. The molecular formula is C17H17N3O3. The molecule has 2 aromatic heterocycles. The molecule has 0 aliphatic carbocycles.